The van der Waals surface area contributed by atoms with E-state index in [-0.39, 0.29) is 17.7 Å². The van der Waals surface area contributed by atoms with Gasteiger partial charge in [0.05, 0.1) is 5.92 Å². The molecular formula is C38H55N5O4S. The molecule has 1 N–H and O–H groups in total. The first-order valence-corrected chi connectivity index (χ1v) is 19.7. The summed E-state index contributed by atoms with van der Waals surface area (Å²) < 4.78 is 30.7. The fourth-order valence-corrected chi connectivity index (χ4v) is 9.29. The van der Waals surface area contributed by atoms with Crippen LogP contribution in [0.15, 0.2) is 42.5 Å². The maximum Gasteiger partial charge on any atom is 0.303 e. The zero-order valence-corrected chi connectivity index (χ0v) is 30.2. The average Bonchev–Trinajstić information content (AvgIpc) is 3.70. The van der Waals surface area contributed by atoms with Gasteiger partial charge in [-0.05, 0) is 87.1 Å². The monoisotopic (exact) mass is 677 g/mol. The summed E-state index contributed by atoms with van der Waals surface area (Å²) in [4.78, 5) is 32.6. The van der Waals surface area contributed by atoms with Crippen LogP contribution in [-0.2, 0) is 28.0 Å². The summed E-state index contributed by atoms with van der Waals surface area (Å²) in [5.41, 5.74) is 3.75. The Hall–Kier alpha value is -2.95. The molecule has 10 heteroatoms. The van der Waals surface area contributed by atoms with Gasteiger partial charge in [-0.25, -0.2) is 4.72 Å². The zero-order valence-electron chi connectivity index (χ0n) is 29.4. The number of hydrogen-bond donors (Lipinski definition) is 1. The van der Waals surface area contributed by atoms with Crippen molar-refractivity contribution in [1.82, 2.24) is 23.4 Å². The number of nitrogens with one attached hydrogen (secondary N) is 1. The van der Waals surface area contributed by atoms with E-state index >= 15 is 0 Å². The van der Waals surface area contributed by atoms with Crippen molar-refractivity contribution in [2.45, 2.75) is 96.6 Å². The third kappa shape index (κ3) is 7.45. The van der Waals surface area contributed by atoms with Crippen molar-refractivity contribution in [2.75, 3.05) is 40.3 Å². The van der Waals surface area contributed by atoms with Gasteiger partial charge in [-0.15, -0.1) is 0 Å². The van der Waals surface area contributed by atoms with E-state index in [2.05, 4.69) is 57.2 Å². The summed E-state index contributed by atoms with van der Waals surface area (Å²) in [7, 11) is -1.15. The lowest BCUT2D eigenvalue weighted by Crippen LogP contribution is -2.48. The number of fused-ring (bicyclic) bond motifs is 3. The highest BCUT2D eigenvalue weighted by molar-refractivity contribution is 7.87. The number of piperidine rings is 1. The van der Waals surface area contributed by atoms with Crippen molar-refractivity contribution < 1.29 is 18.0 Å². The first-order chi connectivity index (χ1) is 23.0. The highest BCUT2D eigenvalue weighted by Gasteiger charge is 2.35. The van der Waals surface area contributed by atoms with Crippen LogP contribution in [0.3, 0.4) is 0 Å². The number of carbonyl (C=O) groups excluding carboxylic acids is 2. The van der Waals surface area contributed by atoms with Crippen molar-refractivity contribution in [2.24, 2.45) is 17.8 Å². The van der Waals surface area contributed by atoms with Crippen LogP contribution >= 0.6 is 0 Å². The van der Waals surface area contributed by atoms with Crippen LogP contribution in [-0.4, -0.2) is 85.2 Å². The topological polar surface area (TPSA) is 95.0 Å². The minimum atomic E-state index is -3.95. The Balaban J connectivity index is 1.40. The number of likely N-dealkylation sites (tertiary alicyclic amines) is 2. The second kappa shape index (κ2) is 14.9. The van der Waals surface area contributed by atoms with E-state index in [0.29, 0.717) is 30.0 Å². The van der Waals surface area contributed by atoms with E-state index in [9.17, 15) is 18.0 Å². The Morgan fingerprint density at radius 3 is 2.35 bits per heavy atom. The molecule has 1 aromatic carbocycles. The molecule has 2 saturated heterocycles. The zero-order chi connectivity index (χ0) is 34.0. The van der Waals surface area contributed by atoms with Crippen LogP contribution in [0.25, 0.3) is 10.9 Å². The van der Waals surface area contributed by atoms with Gasteiger partial charge in [-0.1, -0.05) is 63.5 Å². The molecule has 6 rings (SSSR count). The summed E-state index contributed by atoms with van der Waals surface area (Å²) >= 11 is 0. The summed E-state index contributed by atoms with van der Waals surface area (Å²) in [6.07, 6.45) is 19.5. The highest BCUT2D eigenvalue weighted by Crippen LogP contribution is 2.44. The van der Waals surface area contributed by atoms with E-state index in [1.54, 1.807) is 6.07 Å². The van der Waals surface area contributed by atoms with E-state index in [4.69, 9.17) is 0 Å². The first kappa shape index (κ1) is 34.9. The van der Waals surface area contributed by atoms with Crippen LogP contribution < -0.4 is 4.72 Å². The third-order valence-corrected chi connectivity index (χ3v) is 12.9. The van der Waals surface area contributed by atoms with Crippen LogP contribution in [0, 0.1) is 17.8 Å². The lowest BCUT2D eigenvalue weighted by Gasteiger charge is -2.38. The molecule has 0 spiro atoms. The minimum absolute atomic E-state index is 0.219. The molecule has 1 saturated carbocycles. The lowest BCUT2D eigenvalue weighted by atomic mass is 9.75. The molecule has 262 valence electrons. The number of rotatable bonds is 6. The van der Waals surface area contributed by atoms with Crippen LogP contribution in [0.1, 0.15) is 99.2 Å². The van der Waals surface area contributed by atoms with Crippen molar-refractivity contribution in [3.8, 4) is 0 Å². The number of hydrogen-bond acceptors (Lipinski definition) is 5. The van der Waals surface area contributed by atoms with E-state index in [0.717, 1.165) is 60.4 Å². The molecule has 9 nitrogen and oxygen atoms in total. The van der Waals surface area contributed by atoms with Gasteiger partial charge in [0.2, 0.25) is 5.91 Å². The standard InChI is InChI=1S/C38H55N5O4S/c1-27-12-6-5-7-15-34-36(32-14-9-8-13-28(32)2)33-17-16-29(37(44)39-48(46,47)40(3)4)25-35(33)43(34)26-30(24-27)38(45)42-22-18-31(19-23-42)41-20-10-11-21-41/h5-7,12,16-17,25,27-28,30-32H,8-11,13-15,18-24,26H2,1-4H3,(H,39,44)/b7-5-,12-6-/t27?,28?,30-,32?/m1/s1. The second-order valence-electron chi connectivity index (χ2n) is 15.0. The largest absolute Gasteiger partial charge is 0.343 e. The number of carbonyl (C=O) groups is 2. The van der Waals surface area contributed by atoms with Gasteiger partial charge in [0, 0.05) is 68.4 Å². The Morgan fingerprint density at radius 2 is 1.65 bits per heavy atom. The quantitative estimate of drug-likeness (QED) is 0.413. The van der Waals surface area contributed by atoms with E-state index in [1.165, 1.54) is 70.5 Å². The Morgan fingerprint density at radius 1 is 0.917 bits per heavy atom. The van der Waals surface area contributed by atoms with Crippen molar-refractivity contribution in [3.05, 3.63) is 59.3 Å². The molecule has 2 aromatic rings. The van der Waals surface area contributed by atoms with Crippen LogP contribution in [0.5, 0.6) is 0 Å². The molecule has 3 fully saturated rings. The van der Waals surface area contributed by atoms with Gasteiger partial charge in [-0.3, -0.25) is 9.59 Å². The normalized spacial score (nSPS) is 27.8. The smallest absolute Gasteiger partial charge is 0.303 e. The molecule has 4 atom stereocenters. The van der Waals surface area contributed by atoms with Gasteiger partial charge in [0.1, 0.15) is 0 Å². The SMILES string of the molecule is CC1/C=C\C=C/Cc2c(C3CCCCC3C)c3ccc(C(=O)NS(=O)(=O)N(C)C)cc3n2C[C@H](C(=O)N2CCC(N3CCCC3)CC2)C1. The fraction of sp³-hybridized carbons (Fsp3) is 0.632. The predicted molar refractivity (Wildman–Crippen MR) is 192 cm³/mol. The molecule has 0 radical (unpaired) electrons. The number of benzene rings is 1. The van der Waals surface area contributed by atoms with E-state index < -0.39 is 16.1 Å². The summed E-state index contributed by atoms with van der Waals surface area (Å²) in [6.45, 7) is 9.06. The number of aromatic nitrogens is 1. The molecule has 3 aliphatic heterocycles. The lowest BCUT2D eigenvalue weighted by molar-refractivity contribution is -0.138. The Kier molecular flexibility index (Phi) is 10.8. The average molecular weight is 678 g/mol. The molecule has 48 heavy (non-hydrogen) atoms. The maximum atomic E-state index is 14.5. The molecule has 3 unspecified atom stereocenters. The molecule has 2 amide bonds. The van der Waals surface area contributed by atoms with Crippen LogP contribution in [0.2, 0.25) is 0 Å². The number of nitrogens with zero attached hydrogens (tertiary/aromatic N) is 4. The molecule has 0 bridgehead atoms. The van der Waals surface area contributed by atoms with Gasteiger partial charge in [0.25, 0.3) is 5.91 Å². The molecule has 4 heterocycles. The summed E-state index contributed by atoms with van der Waals surface area (Å²) in [5.74, 6) is 0.496. The maximum absolute atomic E-state index is 14.5. The number of allylic oxidation sites excluding steroid dienone is 4. The van der Waals surface area contributed by atoms with Crippen molar-refractivity contribution in [3.63, 3.8) is 0 Å². The Labute approximate surface area is 287 Å². The first-order valence-electron chi connectivity index (χ1n) is 18.3. The van der Waals surface area contributed by atoms with Gasteiger partial charge >= 0.3 is 10.2 Å². The summed E-state index contributed by atoms with van der Waals surface area (Å²) in [5, 5.41) is 1.11. The molecule has 1 aliphatic carbocycles. The summed E-state index contributed by atoms with van der Waals surface area (Å²) in [6, 6.07) is 6.20. The third-order valence-electron chi connectivity index (χ3n) is 11.5. The van der Waals surface area contributed by atoms with Gasteiger partial charge < -0.3 is 14.4 Å². The highest BCUT2D eigenvalue weighted by atomic mass is 32.2. The predicted octanol–water partition coefficient (Wildman–Crippen LogP) is 5.87. The van der Waals surface area contributed by atoms with Gasteiger partial charge in [-0.2, -0.15) is 12.7 Å². The molecule has 1 aromatic heterocycles. The second-order valence-corrected chi connectivity index (χ2v) is 16.9. The molecular weight excluding hydrogens is 623 g/mol. The van der Waals surface area contributed by atoms with Gasteiger partial charge in [0.15, 0.2) is 0 Å². The van der Waals surface area contributed by atoms with Crippen molar-refractivity contribution >= 4 is 32.9 Å². The van der Waals surface area contributed by atoms with Crippen LogP contribution in [0.4, 0.5) is 0 Å². The number of amides is 2. The fourth-order valence-electron chi connectivity index (χ4n) is 8.75. The van der Waals surface area contributed by atoms with Crippen molar-refractivity contribution in [1.29, 1.82) is 0 Å². The minimum Gasteiger partial charge on any atom is -0.343 e. The van der Waals surface area contributed by atoms with E-state index in [1.807, 2.05) is 12.1 Å². The Bertz CT molecular complexity index is 1650. The molecule has 4 aliphatic rings.